The Balaban J connectivity index is 1.86. The van der Waals surface area contributed by atoms with Gasteiger partial charge in [0.15, 0.2) is 0 Å². The molecule has 0 aliphatic heterocycles. The molecule has 0 aliphatic carbocycles. The Kier molecular flexibility index (Phi) is 3.99. The monoisotopic (exact) mass is 398 g/mol. The van der Waals surface area contributed by atoms with E-state index in [2.05, 4.69) is 9.97 Å². The van der Waals surface area contributed by atoms with E-state index in [1.807, 2.05) is 18.5 Å². The maximum Gasteiger partial charge on any atom is 0.335 e. The number of hydrogen-bond acceptors (Lipinski definition) is 3. The number of phenolic OH excluding ortho intramolecular Hbond substituents is 2. The van der Waals surface area contributed by atoms with E-state index >= 15 is 0 Å². The third-order valence-electron chi connectivity index (χ3n) is 5.52. The van der Waals surface area contributed by atoms with E-state index < -0.39 is 11.9 Å². The van der Waals surface area contributed by atoms with Gasteiger partial charge in [-0.3, -0.25) is 0 Å². The van der Waals surface area contributed by atoms with Crippen molar-refractivity contribution >= 4 is 27.8 Å². The van der Waals surface area contributed by atoms with Crippen LogP contribution in [0.25, 0.3) is 21.8 Å². The summed E-state index contributed by atoms with van der Waals surface area (Å²) in [4.78, 5) is 18.4. The van der Waals surface area contributed by atoms with E-state index in [1.54, 1.807) is 54.6 Å². The van der Waals surface area contributed by atoms with Crippen LogP contribution in [0.2, 0.25) is 0 Å². The van der Waals surface area contributed by atoms with Gasteiger partial charge < -0.3 is 25.3 Å². The predicted octanol–water partition coefficient (Wildman–Crippen LogP) is 4.94. The third-order valence-corrected chi connectivity index (χ3v) is 5.52. The lowest BCUT2D eigenvalue weighted by atomic mass is 9.82. The Labute approximate surface area is 171 Å². The van der Waals surface area contributed by atoms with Gasteiger partial charge in [0.25, 0.3) is 0 Å². The molecule has 30 heavy (non-hydrogen) atoms. The van der Waals surface area contributed by atoms with Gasteiger partial charge in [-0.25, -0.2) is 4.79 Å². The normalized spacial score (nSPS) is 11.5. The maximum atomic E-state index is 12.0. The Hall–Kier alpha value is -4.19. The SMILES string of the molecule is O=C(O)c1ccccc1C(c1c[nH]c2ccc(O)cc12)c1c[nH]c2ccc(O)cc12. The largest absolute Gasteiger partial charge is 0.508 e. The zero-order chi connectivity index (χ0) is 20.8. The van der Waals surface area contributed by atoms with Crippen LogP contribution in [-0.4, -0.2) is 31.3 Å². The summed E-state index contributed by atoms with van der Waals surface area (Å²) in [6, 6.07) is 17.0. The van der Waals surface area contributed by atoms with Crippen LogP contribution < -0.4 is 0 Å². The molecule has 0 spiro atoms. The van der Waals surface area contributed by atoms with Crippen LogP contribution in [0.5, 0.6) is 11.5 Å². The summed E-state index contributed by atoms with van der Waals surface area (Å²) < 4.78 is 0. The van der Waals surface area contributed by atoms with E-state index in [9.17, 15) is 20.1 Å². The number of carbonyl (C=O) groups is 1. The number of nitrogens with one attached hydrogen (secondary N) is 2. The number of hydrogen-bond donors (Lipinski definition) is 5. The van der Waals surface area contributed by atoms with Gasteiger partial charge in [-0.05, 0) is 59.2 Å². The first-order valence-electron chi connectivity index (χ1n) is 9.45. The molecule has 0 aliphatic rings. The van der Waals surface area contributed by atoms with E-state index in [-0.39, 0.29) is 17.1 Å². The smallest absolute Gasteiger partial charge is 0.335 e. The van der Waals surface area contributed by atoms with Gasteiger partial charge in [-0.1, -0.05) is 18.2 Å². The van der Waals surface area contributed by atoms with Crippen LogP contribution in [0.4, 0.5) is 0 Å². The molecule has 0 radical (unpaired) electrons. The lowest BCUT2D eigenvalue weighted by molar-refractivity contribution is 0.0695. The van der Waals surface area contributed by atoms with Crippen LogP contribution in [-0.2, 0) is 0 Å². The van der Waals surface area contributed by atoms with Crippen LogP contribution in [0.1, 0.15) is 33.0 Å². The number of aromatic carboxylic acids is 1. The number of benzene rings is 3. The molecule has 5 aromatic rings. The fraction of sp³-hybridized carbons (Fsp3) is 0.0417. The van der Waals surface area contributed by atoms with Crippen LogP contribution in [0, 0.1) is 0 Å². The molecule has 0 amide bonds. The van der Waals surface area contributed by atoms with Gasteiger partial charge in [0, 0.05) is 40.1 Å². The number of aromatic nitrogens is 2. The summed E-state index contributed by atoms with van der Waals surface area (Å²) in [6.07, 6.45) is 3.68. The Morgan fingerprint density at radius 3 is 1.80 bits per heavy atom. The van der Waals surface area contributed by atoms with E-state index in [4.69, 9.17) is 0 Å². The topological polar surface area (TPSA) is 109 Å². The number of aromatic hydroxyl groups is 2. The van der Waals surface area contributed by atoms with Gasteiger partial charge in [-0.2, -0.15) is 0 Å². The van der Waals surface area contributed by atoms with Crippen molar-refractivity contribution in [3.05, 3.63) is 95.3 Å². The van der Waals surface area contributed by atoms with E-state index in [0.29, 0.717) is 5.56 Å². The zero-order valence-electron chi connectivity index (χ0n) is 15.8. The number of aromatic amines is 2. The minimum Gasteiger partial charge on any atom is -0.508 e. The predicted molar refractivity (Wildman–Crippen MR) is 114 cm³/mol. The number of fused-ring (bicyclic) bond motifs is 2. The molecule has 0 bridgehead atoms. The Morgan fingerprint density at radius 1 is 0.733 bits per heavy atom. The highest BCUT2D eigenvalue weighted by Crippen LogP contribution is 2.41. The molecule has 0 saturated carbocycles. The quantitative estimate of drug-likeness (QED) is 0.295. The van der Waals surface area contributed by atoms with Crippen molar-refractivity contribution in [3.8, 4) is 11.5 Å². The van der Waals surface area contributed by atoms with Gasteiger partial charge >= 0.3 is 5.97 Å². The number of carboxylic acids is 1. The molecule has 6 nitrogen and oxygen atoms in total. The Bertz CT molecular complexity index is 1330. The summed E-state index contributed by atoms with van der Waals surface area (Å²) in [5, 5.41) is 31.5. The second-order valence-electron chi connectivity index (χ2n) is 7.27. The molecular weight excluding hydrogens is 380 g/mol. The lowest BCUT2D eigenvalue weighted by Gasteiger charge is -2.19. The van der Waals surface area contributed by atoms with Crippen molar-refractivity contribution in [1.29, 1.82) is 0 Å². The fourth-order valence-electron chi connectivity index (χ4n) is 4.18. The highest BCUT2D eigenvalue weighted by atomic mass is 16.4. The molecular formula is C24H18N2O4. The summed E-state index contributed by atoms with van der Waals surface area (Å²) in [6.45, 7) is 0. The van der Waals surface area contributed by atoms with Gasteiger partial charge in [0.05, 0.1) is 5.56 Å². The maximum absolute atomic E-state index is 12.0. The van der Waals surface area contributed by atoms with E-state index in [0.717, 1.165) is 32.9 Å². The molecule has 2 heterocycles. The number of rotatable bonds is 4. The molecule has 148 valence electrons. The van der Waals surface area contributed by atoms with Crippen LogP contribution in [0.3, 0.4) is 0 Å². The lowest BCUT2D eigenvalue weighted by Crippen LogP contribution is -2.09. The highest BCUT2D eigenvalue weighted by Gasteiger charge is 2.27. The highest BCUT2D eigenvalue weighted by molar-refractivity contribution is 5.94. The minimum absolute atomic E-state index is 0.130. The second-order valence-corrected chi connectivity index (χ2v) is 7.27. The van der Waals surface area contributed by atoms with Crippen molar-refractivity contribution in [2.75, 3.05) is 0 Å². The van der Waals surface area contributed by atoms with Crippen LogP contribution >= 0.6 is 0 Å². The average Bonchev–Trinajstić information content (AvgIpc) is 3.33. The van der Waals surface area contributed by atoms with Crippen molar-refractivity contribution in [1.82, 2.24) is 9.97 Å². The van der Waals surface area contributed by atoms with Crippen molar-refractivity contribution in [3.63, 3.8) is 0 Å². The molecule has 0 fully saturated rings. The first-order chi connectivity index (χ1) is 14.5. The fourth-order valence-corrected chi connectivity index (χ4v) is 4.18. The van der Waals surface area contributed by atoms with Gasteiger partial charge in [0.2, 0.25) is 0 Å². The summed E-state index contributed by atoms with van der Waals surface area (Å²) in [5.74, 6) is -1.19. The molecule has 5 rings (SSSR count). The molecule has 0 unspecified atom stereocenters. The van der Waals surface area contributed by atoms with Crippen molar-refractivity contribution in [2.24, 2.45) is 0 Å². The first-order valence-corrected chi connectivity index (χ1v) is 9.45. The first kappa shape index (κ1) is 17.9. The summed E-state index contributed by atoms with van der Waals surface area (Å²) in [5.41, 5.74) is 4.16. The third kappa shape index (κ3) is 2.78. The molecule has 5 N–H and O–H groups in total. The minimum atomic E-state index is -1.01. The number of phenols is 2. The van der Waals surface area contributed by atoms with Crippen LogP contribution in [0.15, 0.2) is 73.1 Å². The number of carboxylic acid groups (broad SMARTS) is 1. The van der Waals surface area contributed by atoms with Gasteiger partial charge in [-0.15, -0.1) is 0 Å². The summed E-state index contributed by atoms with van der Waals surface area (Å²) >= 11 is 0. The zero-order valence-corrected chi connectivity index (χ0v) is 15.8. The van der Waals surface area contributed by atoms with Crippen molar-refractivity contribution < 1.29 is 20.1 Å². The van der Waals surface area contributed by atoms with Gasteiger partial charge in [0.1, 0.15) is 11.5 Å². The van der Waals surface area contributed by atoms with Crippen molar-refractivity contribution in [2.45, 2.75) is 5.92 Å². The molecule has 2 aromatic heterocycles. The Morgan fingerprint density at radius 2 is 1.27 bits per heavy atom. The molecule has 0 atom stereocenters. The molecule has 0 saturated heterocycles. The molecule has 6 heteroatoms. The average molecular weight is 398 g/mol. The molecule has 3 aromatic carbocycles. The summed E-state index contributed by atoms with van der Waals surface area (Å²) in [7, 11) is 0. The number of H-pyrrole nitrogens is 2. The van der Waals surface area contributed by atoms with E-state index in [1.165, 1.54) is 0 Å². The standard InChI is InChI=1S/C24H18N2O4/c27-13-5-7-21-17(9-13)19(11-25-21)23(15-3-1-2-4-16(15)24(29)30)20-12-26-22-8-6-14(28)10-18(20)22/h1-12,23,25-28H,(H,29,30). The second kappa shape index (κ2) is 6.70.